The number of hydrogen-bond acceptors (Lipinski definition) is 5. The predicted molar refractivity (Wildman–Crippen MR) is 85.2 cm³/mol. The van der Waals surface area contributed by atoms with Gasteiger partial charge in [-0.3, -0.25) is 9.59 Å². The van der Waals surface area contributed by atoms with Crippen LogP contribution in [0, 0.1) is 28.6 Å². The third-order valence-electron chi connectivity index (χ3n) is 8.12. The number of esters is 1. The molecule has 0 radical (unpaired) electrons. The number of carboxylic acids is 1. The van der Waals surface area contributed by atoms with Gasteiger partial charge in [-0.1, -0.05) is 12.7 Å². The number of rotatable bonds is 1. The van der Waals surface area contributed by atoms with E-state index in [4.69, 9.17) is 4.74 Å². The van der Waals surface area contributed by atoms with Gasteiger partial charge in [-0.2, -0.15) is 0 Å². The van der Waals surface area contributed by atoms with E-state index in [2.05, 4.69) is 6.58 Å². The van der Waals surface area contributed by atoms with Gasteiger partial charge in [0.2, 0.25) is 0 Å². The molecule has 4 fully saturated rings. The van der Waals surface area contributed by atoms with Crippen molar-refractivity contribution >= 4 is 11.9 Å². The molecular formula is C19H22O6. The predicted octanol–water partition coefficient (Wildman–Crippen LogP) is 1.03. The molecule has 134 valence electrons. The fourth-order valence-corrected chi connectivity index (χ4v) is 7.13. The highest BCUT2D eigenvalue weighted by atomic mass is 16.6. The lowest BCUT2D eigenvalue weighted by molar-refractivity contribution is -0.163. The Kier molecular flexibility index (Phi) is 2.50. The molecule has 25 heavy (non-hydrogen) atoms. The van der Waals surface area contributed by atoms with Crippen molar-refractivity contribution in [3.8, 4) is 0 Å². The lowest BCUT2D eigenvalue weighted by Crippen LogP contribution is -2.50. The Bertz CT molecular complexity index is 772. The molecule has 5 aliphatic rings. The van der Waals surface area contributed by atoms with Crippen molar-refractivity contribution in [2.45, 2.75) is 49.9 Å². The highest BCUT2D eigenvalue weighted by Crippen LogP contribution is 2.77. The monoisotopic (exact) mass is 346 g/mol. The molecular weight excluding hydrogens is 324 g/mol. The Morgan fingerprint density at radius 3 is 2.84 bits per heavy atom. The summed E-state index contributed by atoms with van der Waals surface area (Å²) in [6, 6.07) is 0. The summed E-state index contributed by atoms with van der Waals surface area (Å²) in [5.74, 6) is -3.18. The summed E-state index contributed by atoms with van der Waals surface area (Å²) in [5.41, 5.74) is -3.29. The molecule has 0 aromatic carbocycles. The van der Waals surface area contributed by atoms with Gasteiger partial charge >= 0.3 is 11.9 Å². The first-order valence-corrected chi connectivity index (χ1v) is 8.86. The van der Waals surface area contributed by atoms with Crippen LogP contribution in [-0.4, -0.2) is 44.6 Å². The molecule has 3 saturated carbocycles. The normalized spacial score (nSPS) is 58.0. The summed E-state index contributed by atoms with van der Waals surface area (Å²) in [6.45, 7) is 5.64. The van der Waals surface area contributed by atoms with Crippen LogP contribution >= 0.6 is 0 Å². The van der Waals surface area contributed by atoms with E-state index in [-0.39, 0.29) is 5.92 Å². The number of ether oxygens (including phenoxy) is 1. The number of carbonyl (C=O) groups excluding carboxylic acids is 1. The molecule has 0 aromatic heterocycles. The fraction of sp³-hybridized carbons (Fsp3) is 0.684. The summed E-state index contributed by atoms with van der Waals surface area (Å²) in [7, 11) is 0. The Labute approximate surface area is 145 Å². The van der Waals surface area contributed by atoms with Gasteiger partial charge < -0.3 is 20.1 Å². The van der Waals surface area contributed by atoms with Crippen LogP contribution < -0.4 is 0 Å². The molecule has 4 bridgehead atoms. The van der Waals surface area contributed by atoms with Gasteiger partial charge in [0.15, 0.2) is 0 Å². The molecule has 0 amide bonds. The molecule has 1 aliphatic heterocycles. The number of carboxylic acid groups (broad SMARTS) is 1. The summed E-state index contributed by atoms with van der Waals surface area (Å²) in [5, 5.41) is 31.6. The van der Waals surface area contributed by atoms with Gasteiger partial charge in [-0.05, 0) is 49.7 Å². The lowest BCUT2D eigenvalue weighted by atomic mass is 9.61. The standard InChI is InChI=1S/C19H22O6/c1-9-7-17-8-18(9,24)5-3-10(17)19-6-4-11(20)16(2,15(23)25-19)13(19)12(17)14(21)22/h4,6,10-13,20,24H,1,3,5,7-8H2,2H3,(H,21,22)/t10-,11-,12-,13-,16-,17+,18+,19-/m1/s1. The summed E-state index contributed by atoms with van der Waals surface area (Å²) >= 11 is 0. The van der Waals surface area contributed by atoms with E-state index < -0.39 is 51.9 Å². The van der Waals surface area contributed by atoms with Crippen molar-refractivity contribution in [2.75, 3.05) is 0 Å². The zero-order chi connectivity index (χ0) is 18.0. The topological polar surface area (TPSA) is 104 Å². The third-order valence-corrected chi connectivity index (χ3v) is 8.12. The molecule has 3 N–H and O–H groups in total. The molecule has 5 rings (SSSR count). The second kappa shape index (κ2) is 4.01. The van der Waals surface area contributed by atoms with Crippen LogP contribution in [0.25, 0.3) is 0 Å². The van der Waals surface area contributed by atoms with Crippen LogP contribution in [0.4, 0.5) is 0 Å². The van der Waals surface area contributed by atoms with E-state index in [1.165, 1.54) is 0 Å². The minimum atomic E-state index is -1.27. The second-order valence-corrected chi connectivity index (χ2v) is 8.94. The van der Waals surface area contributed by atoms with Gasteiger partial charge in [0.05, 0.1) is 17.6 Å². The first-order valence-electron chi connectivity index (χ1n) is 8.86. The first kappa shape index (κ1) is 15.6. The first-order chi connectivity index (χ1) is 11.6. The molecule has 4 aliphatic carbocycles. The lowest BCUT2D eigenvalue weighted by Gasteiger charge is -2.44. The van der Waals surface area contributed by atoms with Crippen molar-refractivity contribution in [3.63, 3.8) is 0 Å². The molecule has 6 nitrogen and oxygen atoms in total. The van der Waals surface area contributed by atoms with Crippen molar-refractivity contribution < 1.29 is 29.6 Å². The Balaban J connectivity index is 1.78. The van der Waals surface area contributed by atoms with Crippen molar-refractivity contribution in [1.82, 2.24) is 0 Å². The van der Waals surface area contributed by atoms with E-state index in [1.807, 2.05) is 0 Å². The number of aliphatic hydroxyl groups excluding tert-OH is 1. The summed E-state index contributed by atoms with van der Waals surface area (Å²) < 4.78 is 5.87. The minimum Gasteiger partial charge on any atom is -0.481 e. The van der Waals surface area contributed by atoms with E-state index >= 15 is 0 Å². The van der Waals surface area contributed by atoms with Crippen LogP contribution in [-0.2, 0) is 14.3 Å². The number of aliphatic carboxylic acids is 1. The van der Waals surface area contributed by atoms with Gasteiger partial charge in [0.1, 0.15) is 11.0 Å². The number of aliphatic hydroxyl groups is 2. The highest BCUT2D eigenvalue weighted by molar-refractivity contribution is 5.86. The van der Waals surface area contributed by atoms with E-state index in [9.17, 15) is 24.9 Å². The Morgan fingerprint density at radius 2 is 2.16 bits per heavy atom. The molecule has 6 heteroatoms. The van der Waals surface area contributed by atoms with Crippen molar-refractivity contribution in [2.24, 2.45) is 28.6 Å². The average Bonchev–Trinajstić information content (AvgIpc) is 2.95. The average molecular weight is 346 g/mol. The summed E-state index contributed by atoms with van der Waals surface area (Å²) in [6.07, 6.45) is 4.11. The molecule has 1 heterocycles. The fourth-order valence-electron chi connectivity index (χ4n) is 7.13. The Hall–Kier alpha value is -1.66. The number of fused-ring (bicyclic) bond motifs is 1. The van der Waals surface area contributed by atoms with Crippen LogP contribution in [0.3, 0.4) is 0 Å². The van der Waals surface area contributed by atoms with Crippen LogP contribution in [0.15, 0.2) is 24.3 Å². The molecule has 1 spiro atoms. The van der Waals surface area contributed by atoms with Gasteiger partial charge in [0.25, 0.3) is 0 Å². The Morgan fingerprint density at radius 1 is 1.44 bits per heavy atom. The molecule has 0 unspecified atom stereocenters. The van der Waals surface area contributed by atoms with Gasteiger partial charge in [-0.25, -0.2) is 0 Å². The zero-order valence-electron chi connectivity index (χ0n) is 14.1. The minimum absolute atomic E-state index is 0.180. The quantitative estimate of drug-likeness (QED) is 0.484. The van der Waals surface area contributed by atoms with Crippen LogP contribution in [0.5, 0.6) is 0 Å². The van der Waals surface area contributed by atoms with Crippen LogP contribution in [0.1, 0.15) is 32.6 Å². The maximum absolute atomic E-state index is 12.7. The zero-order valence-corrected chi connectivity index (χ0v) is 14.1. The third kappa shape index (κ3) is 1.36. The largest absolute Gasteiger partial charge is 0.481 e. The second-order valence-electron chi connectivity index (χ2n) is 8.94. The SMILES string of the molecule is C=C1C[C@]23C[C@@]1(O)CC[C@H]2[C@@]12C=C[C@@H](O)[C@@](C)(C(=O)O1)[C@H]2[C@@H]3C(=O)O. The highest BCUT2D eigenvalue weighted by Gasteiger charge is 2.83. The number of hydrogen-bond donors (Lipinski definition) is 3. The molecule has 1 saturated heterocycles. The molecule has 8 atom stereocenters. The maximum atomic E-state index is 12.7. The van der Waals surface area contributed by atoms with Crippen LogP contribution in [0.2, 0.25) is 0 Å². The van der Waals surface area contributed by atoms with E-state index in [0.717, 1.165) is 0 Å². The van der Waals surface area contributed by atoms with E-state index in [0.29, 0.717) is 31.3 Å². The smallest absolute Gasteiger partial charge is 0.316 e. The summed E-state index contributed by atoms with van der Waals surface area (Å²) in [4.78, 5) is 25.1. The van der Waals surface area contributed by atoms with Crippen molar-refractivity contribution in [3.05, 3.63) is 24.3 Å². The van der Waals surface area contributed by atoms with Gasteiger partial charge in [-0.15, -0.1) is 0 Å². The number of carbonyl (C=O) groups is 2. The molecule has 0 aromatic rings. The van der Waals surface area contributed by atoms with E-state index in [1.54, 1.807) is 19.1 Å². The maximum Gasteiger partial charge on any atom is 0.316 e. The van der Waals surface area contributed by atoms with Crippen molar-refractivity contribution in [1.29, 1.82) is 0 Å². The van der Waals surface area contributed by atoms with Gasteiger partial charge in [0, 0.05) is 11.8 Å².